The predicted octanol–water partition coefficient (Wildman–Crippen LogP) is 1.98. The zero-order valence-corrected chi connectivity index (χ0v) is 9.73. The van der Waals surface area contributed by atoms with E-state index in [1.807, 2.05) is 6.07 Å². The number of aromatic nitrogens is 3. The molecule has 0 aliphatic heterocycles. The third kappa shape index (κ3) is 1.44. The van der Waals surface area contributed by atoms with Crippen LogP contribution in [0.25, 0.3) is 5.52 Å². The average Bonchev–Trinajstić information content (AvgIpc) is 2.95. The number of nitriles is 1. The lowest BCUT2D eigenvalue weighted by Gasteiger charge is -2.09. The maximum absolute atomic E-state index is 14.1. The van der Waals surface area contributed by atoms with Gasteiger partial charge in [-0.25, -0.2) is 13.9 Å². The minimum absolute atomic E-state index is 0.0845. The lowest BCUT2D eigenvalue weighted by Crippen LogP contribution is -2.06. The molecule has 0 saturated heterocycles. The topological polar surface area (TPSA) is 80.0 Å². The zero-order valence-electron chi connectivity index (χ0n) is 9.73. The van der Waals surface area contributed by atoms with Crippen LogP contribution in [-0.2, 0) is 0 Å². The summed E-state index contributed by atoms with van der Waals surface area (Å²) in [5.41, 5.74) is 6.50. The Kier molecular flexibility index (Phi) is 2.40. The molecular formula is C12H12FN5. The SMILES string of the molecule is N#Cc1c(F)c2cnc(N)nn2c1C1CCCC1. The number of nitrogen functional groups attached to an aromatic ring is 1. The zero-order chi connectivity index (χ0) is 12.7. The minimum atomic E-state index is -0.542. The van der Waals surface area contributed by atoms with Crippen LogP contribution in [0.1, 0.15) is 42.9 Å². The molecule has 1 aliphatic rings. The van der Waals surface area contributed by atoms with Gasteiger partial charge in [0.1, 0.15) is 17.1 Å². The molecule has 0 bridgehead atoms. The van der Waals surface area contributed by atoms with E-state index in [1.54, 1.807) is 0 Å². The highest BCUT2D eigenvalue weighted by molar-refractivity contribution is 5.58. The molecule has 0 atom stereocenters. The first-order valence-electron chi connectivity index (χ1n) is 5.95. The summed E-state index contributed by atoms with van der Waals surface area (Å²) in [6.45, 7) is 0. The normalized spacial score (nSPS) is 16.2. The van der Waals surface area contributed by atoms with Crippen molar-refractivity contribution in [1.82, 2.24) is 14.6 Å². The van der Waals surface area contributed by atoms with E-state index in [9.17, 15) is 4.39 Å². The van der Waals surface area contributed by atoms with Crippen molar-refractivity contribution in [3.05, 3.63) is 23.3 Å². The summed E-state index contributed by atoms with van der Waals surface area (Å²) >= 11 is 0. The van der Waals surface area contributed by atoms with E-state index >= 15 is 0 Å². The summed E-state index contributed by atoms with van der Waals surface area (Å²) in [4.78, 5) is 3.78. The number of halogens is 1. The molecule has 6 heteroatoms. The van der Waals surface area contributed by atoms with E-state index in [2.05, 4.69) is 10.1 Å². The molecule has 1 fully saturated rings. The van der Waals surface area contributed by atoms with Crippen LogP contribution in [0.4, 0.5) is 10.3 Å². The van der Waals surface area contributed by atoms with E-state index in [0.717, 1.165) is 25.7 Å². The van der Waals surface area contributed by atoms with Crippen LogP contribution in [0, 0.1) is 17.1 Å². The van der Waals surface area contributed by atoms with Crippen LogP contribution in [0.15, 0.2) is 6.20 Å². The van der Waals surface area contributed by atoms with E-state index in [-0.39, 0.29) is 22.9 Å². The van der Waals surface area contributed by atoms with Gasteiger partial charge in [-0.05, 0) is 12.8 Å². The predicted molar refractivity (Wildman–Crippen MR) is 63.3 cm³/mol. The van der Waals surface area contributed by atoms with Gasteiger partial charge in [0.15, 0.2) is 5.82 Å². The van der Waals surface area contributed by atoms with Gasteiger partial charge in [-0.1, -0.05) is 12.8 Å². The average molecular weight is 245 g/mol. The lowest BCUT2D eigenvalue weighted by molar-refractivity contribution is 0.632. The van der Waals surface area contributed by atoms with E-state index < -0.39 is 5.82 Å². The van der Waals surface area contributed by atoms with Gasteiger partial charge in [-0.3, -0.25) is 0 Å². The summed E-state index contributed by atoms with van der Waals surface area (Å²) < 4.78 is 15.6. The number of anilines is 1. The lowest BCUT2D eigenvalue weighted by atomic mass is 10.0. The Labute approximate surface area is 103 Å². The first-order valence-corrected chi connectivity index (χ1v) is 5.95. The van der Waals surface area contributed by atoms with Crippen LogP contribution in [-0.4, -0.2) is 14.6 Å². The Hall–Kier alpha value is -2.16. The van der Waals surface area contributed by atoms with Crippen molar-refractivity contribution < 1.29 is 4.39 Å². The summed E-state index contributed by atoms with van der Waals surface area (Å²) in [6.07, 6.45) is 5.46. The summed E-state index contributed by atoms with van der Waals surface area (Å²) in [5, 5.41) is 13.2. The van der Waals surface area contributed by atoms with Crippen LogP contribution in [0.2, 0.25) is 0 Å². The van der Waals surface area contributed by atoms with E-state index in [1.165, 1.54) is 10.7 Å². The first-order chi connectivity index (χ1) is 8.72. The van der Waals surface area contributed by atoms with Crippen molar-refractivity contribution in [2.45, 2.75) is 31.6 Å². The number of nitrogens with two attached hydrogens (primary N) is 1. The fourth-order valence-corrected chi connectivity index (χ4v) is 2.73. The molecular weight excluding hydrogens is 233 g/mol. The van der Waals surface area contributed by atoms with Gasteiger partial charge in [-0.15, -0.1) is 5.10 Å². The summed E-state index contributed by atoms with van der Waals surface area (Å²) in [6, 6.07) is 1.95. The standard InChI is InChI=1S/C12H12FN5/c13-10-8(5-14)11(7-3-1-2-4-7)18-9(10)6-16-12(15)17-18/h6-7H,1-4H2,(H2,15,17). The smallest absolute Gasteiger partial charge is 0.238 e. The Morgan fingerprint density at radius 2 is 2.17 bits per heavy atom. The molecule has 0 unspecified atom stereocenters. The molecule has 2 N–H and O–H groups in total. The number of hydrogen-bond donors (Lipinski definition) is 1. The van der Waals surface area contributed by atoms with E-state index in [0.29, 0.717) is 5.69 Å². The fraction of sp³-hybridized carbons (Fsp3) is 0.417. The number of nitrogens with zero attached hydrogens (tertiary/aromatic N) is 4. The highest BCUT2D eigenvalue weighted by Gasteiger charge is 2.28. The highest BCUT2D eigenvalue weighted by atomic mass is 19.1. The number of rotatable bonds is 1. The van der Waals surface area contributed by atoms with Crippen LogP contribution in [0.5, 0.6) is 0 Å². The van der Waals surface area contributed by atoms with Gasteiger partial charge in [0, 0.05) is 5.92 Å². The molecule has 0 amide bonds. The molecule has 3 rings (SSSR count). The largest absolute Gasteiger partial charge is 0.367 e. The molecule has 5 nitrogen and oxygen atoms in total. The monoisotopic (exact) mass is 245 g/mol. The van der Waals surface area contributed by atoms with Crippen LogP contribution >= 0.6 is 0 Å². The number of fused-ring (bicyclic) bond motifs is 1. The van der Waals surface area contributed by atoms with Gasteiger partial charge < -0.3 is 5.73 Å². The van der Waals surface area contributed by atoms with Crippen molar-refractivity contribution in [2.75, 3.05) is 5.73 Å². The molecule has 0 radical (unpaired) electrons. The van der Waals surface area contributed by atoms with Gasteiger partial charge >= 0.3 is 0 Å². The first kappa shape index (κ1) is 11.0. The van der Waals surface area contributed by atoms with Gasteiger partial charge in [0.2, 0.25) is 5.95 Å². The maximum Gasteiger partial charge on any atom is 0.238 e. The van der Waals surface area contributed by atoms with Gasteiger partial charge in [0.25, 0.3) is 0 Å². The molecule has 2 heterocycles. The Bertz CT molecular complexity index is 649. The van der Waals surface area contributed by atoms with Gasteiger partial charge in [-0.2, -0.15) is 5.26 Å². The molecule has 92 valence electrons. The summed E-state index contributed by atoms with van der Waals surface area (Å²) in [7, 11) is 0. The van der Waals surface area contributed by atoms with Crippen LogP contribution < -0.4 is 5.73 Å². The Balaban J connectivity index is 2.32. The Morgan fingerprint density at radius 3 is 2.83 bits per heavy atom. The van der Waals surface area contributed by atoms with Crippen molar-refractivity contribution in [1.29, 1.82) is 5.26 Å². The molecule has 0 spiro atoms. The number of hydrogen-bond acceptors (Lipinski definition) is 4. The third-order valence-electron chi connectivity index (χ3n) is 3.53. The molecule has 2 aromatic rings. The molecule has 1 saturated carbocycles. The molecule has 0 aromatic carbocycles. The van der Waals surface area contributed by atoms with Crippen molar-refractivity contribution in [3.8, 4) is 6.07 Å². The fourth-order valence-electron chi connectivity index (χ4n) is 2.73. The maximum atomic E-state index is 14.1. The second-order valence-corrected chi connectivity index (χ2v) is 4.58. The molecule has 1 aliphatic carbocycles. The minimum Gasteiger partial charge on any atom is -0.367 e. The van der Waals surface area contributed by atoms with Crippen molar-refractivity contribution in [2.24, 2.45) is 0 Å². The van der Waals surface area contributed by atoms with Gasteiger partial charge in [0.05, 0.1) is 11.9 Å². The summed E-state index contributed by atoms with van der Waals surface area (Å²) in [5.74, 6) is -0.272. The quantitative estimate of drug-likeness (QED) is 0.833. The third-order valence-corrected chi connectivity index (χ3v) is 3.53. The second-order valence-electron chi connectivity index (χ2n) is 4.58. The second kappa shape index (κ2) is 3.95. The Morgan fingerprint density at radius 1 is 1.44 bits per heavy atom. The van der Waals surface area contributed by atoms with Crippen molar-refractivity contribution in [3.63, 3.8) is 0 Å². The van der Waals surface area contributed by atoms with Crippen LogP contribution in [0.3, 0.4) is 0 Å². The molecule has 18 heavy (non-hydrogen) atoms. The molecule has 2 aromatic heterocycles. The van der Waals surface area contributed by atoms with E-state index in [4.69, 9.17) is 11.0 Å². The highest BCUT2D eigenvalue weighted by Crippen LogP contribution is 2.37. The van der Waals surface area contributed by atoms with Crippen molar-refractivity contribution >= 4 is 11.5 Å².